The summed E-state index contributed by atoms with van der Waals surface area (Å²) >= 11 is 0. The summed E-state index contributed by atoms with van der Waals surface area (Å²) in [6.07, 6.45) is -0.202. The van der Waals surface area contributed by atoms with Gasteiger partial charge >= 0.3 is 5.97 Å². The van der Waals surface area contributed by atoms with Crippen LogP contribution in [-0.2, 0) is 24.0 Å². The molecule has 2 unspecified atom stereocenters. The molecule has 0 aliphatic heterocycles. The van der Waals surface area contributed by atoms with Crippen LogP contribution >= 0.6 is 0 Å². The lowest BCUT2D eigenvalue weighted by Gasteiger charge is -2.25. The van der Waals surface area contributed by atoms with E-state index in [9.17, 15) is 4.79 Å². The van der Waals surface area contributed by atoms with Gasteiger partial charge in [-0.25, -0.2) is 4.79 Å². The van der Waals surface area contributed by atoms with Crippen molar-refractivity contribution in [3.8, 4) is 0 Å². The van der Waals surface area contributed by atoms with Gasteiger partial charge in [-0.05, 0) is 34.6 Å². The fourth-order valence-corrected chi connectivity index (χ4v) is 1.22. The largest absolute Gasteiger partial charge is 0.376 e. The van der Waals surface area contributed by atoms with Crippen LogP contribution in [0, 0.1) is 0 Å². The Balaban J connectivity index is 4.26. The molecule has 0 radical (unpaired) electrons. The topological polar surface area (TPSA) is 54.0 Å². The summed E-state index contributed by atoms with van der Waals surface area (Å²) < 4.78 is 11.1. The fraction of sp³-hybridized carbons (Fsp3) is 0.923. The van der Waals surface area contributed by atoms with E-state index < -0.39 is 12.1 Å². The Morgan fingerprint density at radius 3 is 2.11 bits per heavy atom. The number of hydrogen-bond donors (Lipinski definition) is 0. The van der Waals surface area contributed by atoms with E-state index in [0.29, 0.717) is 6.61 Å². The van der Waals surface area contributed by atoms with Crippen molar-refractivity contribution in [3.63, 3.8) is 0 Å². The Hall–Kier alpha value is -0.650. The van der Waals surface area contributed by atoms with Crippen LogP contribution in [0.3, 0.4) is 0 Å². The number of carbonyl (C=O) groups excluding carboxylic acids is 1. The molecule has 18 heavy (non-hydrogen) atoms. The Bertz CT molecular complexity index is 227. The van der Waals surface area contributed by atoms with Crippen LogP contribution < -0.4 is 0 Å². The van der Waals surface area contributed by atoms with Crippen LogP contribution in [0.15, 0.2) is 0 Å². The molecular weight excluding hydrogens is 236 g/mol. The maximum Gasteiger partial charge on any atom is 0.342 e. The van der Waals surface area contributed by atoms with Crippen molar-refractivity contribution >= 4 is 5.97 Å². The van der Waals surface area contributed by atoms with Crippen LogP contribution in [0.25, 0.3) is 0 Å². The standard InChI is InChI=1S/C13H26O5/c1-7-13(14)18-17-12(8-15-9(2)3)11(6)16-10(4)5/h9-12H,7-8H2,1-6H3. The number of rotatable bonds is 9. The van der Waals surface area contributed by atoms with E-state index in [1.165, 1.54) is 0 Å². The van der Waals surface area contributed by atoms with Crippen molar-refractivity contribution in [1.82, 2.24) is 0 Å². The third-order valence-electron chi connectivity index (χ3n) is 2.16. The summed E-state index contributed by atoms with van der Waals surface area (Å²) in [5.74, 6) is -0.402. The van der Waals surface area contributed by atoms with Crippen LogP contribution in [0.4, 0.5) is 0 Å². The molecule has 0 aromatic carbocycles. The molecule has 108 valence electrons. The van der Waals surface area contributed by atoms with Crippen LogP contribution in [-0.4, -0.2) is 37.0 Å². The Morgan fingerprint density at radius 2 is 1.67 bits per heavy atom. The molecule has 0 fully saturated rings. The van der Waals surface area contributed by atoms with Crippen LogP contribution in [0.5, 0.6) is 0 Å². The maximum atomic E-state index is 11.1. The van der Waals surface area contributed by atoms with Gasteiger partial charge in [0, 0.05) is 6.42 Å². The summed E-state index contributed by atoms with van der Waals surface area (Å²) in [5.41, 5.74) is 0. The van der Waals surface area contributed by atoms with E-state index in [2.05, 4.69) is 4.89 Å². The highest BCUT2D eigenvalue weighted by atomic mass is 17.2. The van der Waals surface area contributed by atoms with Gasteiger partial charge in [0.25, 0.3) is 0 Å². The first-order chi connectivity index (χ1) is 8.36. The molecular formula is C13H26O5. The second-order valence-corrected chi connectivity index (χ2v) is 4.72. The van der Waals surface area contributed by atoms with Crippen molar-refractivity contribution in [2.24, 2.45) is 0 Å². The Kier molecular flexibility index (Phi) is 8.97. The second kappa shape index (κ2) is 9.30. The number of hydrogen-bond acceptors (Lipinski definition) is 5. The fourth-order valence-electron chi connectivity index (χ4n) is 1.22. The molecule has 0 aliphatic rings. The zero-order valence-corrected chi connectivity index (χ0v) is 12.3. The third kappa shape index (κ3) is 8.44. The molecule has 0 spiro atoms. The molecule has 0 aromatic rings. The predicted octanol–water partition coefficient (Wildman–Crippen LogP) is 2.48. The number of ether oxygens (including phenoxy) is 2. The van der Waals surface area contributed by atoms with Gasteiger partial charge in [0.05, 0.1) is 24.9 Å². The molecule has 0 heterocycles. The molecule has 0 saturated heterocycles. The molecule has 5 nitrogen and oxygen atoms in total. The van der Waals surface area contributed by atoms with Crippen molar-refractivity contribution < 1.29 is 24.0 Å². The Morgan fingerprint density at radius 1 is 1.06 bits per heavy atom. The maximum absolute atomic E-state index is 11.1. The van der Waals surface area contributed by atoms with Crippen molar-refractivity contribution in [3.05, 3.63) is 0 Å². The van der Waals surface area contributed by atoms with Gasteiger partial charge in [-0.2, -0.15) is 4.89 Å². The van der Waals surface area contributed by atoms with Gasteiger partial charge in [-0.1, -0.05) is 6.92 Å². The summed E-state index contributed by atoms with van der Waals surface area (Å²) in [6.45, 7) is 11.6. The summed E-state index contributed by atoms with van der Waals surface area (Å²) in [7, 11) is 0. The quantitative estimate of drug-likeness (QED) is 0.472. The van der Waals surface area contributed by atoms with Crippen LogP contribution in [0.2, 0.25) is 0 Å². The first-order valence-corrected chi connectivity index (χ1v) is 6.50. The predicted molar refractivity (Wildman–Crippen MR) is 68.0 cm³/mol. The highest BCUT2D eigenvalue weighted by molar-refractivity contribution is 5.68. The first-order valence-electron chi connectivity index (χ1n) is 6.50. The second-order valence-electron chi connectivity index (χ2n) is 4.72. The van der Waals surface area contributed by atoms with Gasteiger partial charge in [0.15, 0.2) is 6.10 Å². The molecule has 5 heteroatoms. The molecule has 0 amide bonds. The normalized spacial score (nSPS) is 14.9. The summed E-state index contributed by atoms with van der Waals surface area (Å²) in [6, 6.07) is 0. The minimum atomic E-state index is -0.426. The van der Waals surface area contributed by atoms with E-state index in [1.54, 1.807) is 6.92 Å². The average Bonchev–Trinajstić information content (AvgIpc) is 2.27. The third-order valence-corrected chi connectivity index (χ3v) is 2.16. The van der Waals surface area contributed by atoms with Gasteiger partial charge in [-0.3, -0.25) is 4.89 Å². The van der Waals surface area contributed by atoms with Crippen molar-refractivity contribution in [2.45, 2.75) is 72.4 Å². The molecule has 0 bridgehead atoms. The lowest BCUT2D eigenvalue weighted by molar-refractivity contribution is -0.321. The number of carbonyl (C=O) groups is 1. The highest BCUT2D eigenvalue weighted by Crippen LogP contribution is 2.09. The minimum Gasteiger partial charge on any atom is -0.376 e. The molecule has 0 saturated carbocycles. The van der Waals surface area contributed by atoms with Gasteiger partial charge in [-0.15, -0.1) is 0 Å². The van der Waals surface area contributed by atoms with E-state index in [-0.39, 0.29) is 24.7 Å². The molecule has 0 rings (SSSR count). The molecule has 0 N–H and O–H groups in total. The molecule has 2 atom stereocenters. The van der Waals surface area contributed by atoms with Crippen molar-refractivity contribution in [2.75, 3.05) is 6.61 Å². The van der Waals surface area contributed by atoms with E-state index >= 15 is 0 Å². The highest BCUT2D eigenvalue weighted by Gasteiger charge is 2.23. The minimum absolute atomic E-state index is 0.0760. The van der Waals surface area contributed by atoms with Gasteiger partial charge in [0.1, 0.15) is 0 Å². The zero-order valence-electron chi connectivity index (χ0n) is 12.3. The van der Waals surface area contributed by atoms with E-state index in [0.717, 1.165) is 0 Å². The zero-order chi connectivity index (χ0) is 14.1. The summed E-state index contributed by atoms with van der Waals surface area (Å²) in [4.78, 5) is 20.9. The lowest BCUT2D eigenvalue weighted by Crippen LogP contribution is -2.36. The monoisotopic (exact) mass is 262 g/mol. The van der Waals surface area contributed by atoms with Gasteiger partial charge < -0.3 is 9.47 Å². The smallest absolute Gasteiger partial charge is 0.342 e. The first kappa shape index (κ1) is 17.4. The van der Waals surface area contributed by atoms with E-state index in [4.69, 9.17) is 14.4 Å². The molecule has 0 aromatic heterocycles. The Labute approximate surface area is 110 Å². The molecule has 0 aliphatic carbocycles. The summed E-state index contributed by atoms with van der Waals surface area (Å²) in [5, 5.41) is 0. The lowest BCUT2D eigenvalue weighted by atomic mass is 10.2. The van der Waals surface area contributed by atoms with E-state index in [1.807, 2.05) is 34.6 Å². The SMILES string of the molecule is CCC(=O)OOC(COC(C)C)C(C)OC(C)C. The van der Waals surface area contributed by atoms with Crippen LogP contribution in [0.1, 0.15) is 48.0 Å². The average molecular weight is 262 g/mol. The van der Waals surface area contributed by atoms with Gasteiger partial charge in [0.2, 0.25) is 0 Å². The van der Waals surface area contributed by atoms with Crippen molar-refractivity contribution in [1.29, 1.82) is 0 Å².